The number of carbonyl (C=O) groups is 2. The Morgan fingerprint density at radius 2 is 1.79 bits per heavy atom. The van der Waals surface area contributed by atoms with E-state index in [1.165, 1.54) is 12.0 Å². The fourth-order valence-corrected chi connectivity index (χ4v) is 5.64. The molecule has 2 aromatic carbocycles. The second-order valence-electron chi connectivity index (χ2n) is 8.94. The molecule has 0 aliphatic heterocycles. The second-order valence-corrected chi connectivity index (χ2v) is 10.9. The quantitative estimate of drug-likeness (QED) is 0.341. The summed E-state index contributed by atoms with van der Waals surface area (Å²) in [6.07, 6.45) is 6.40. The van der Waals surface area contributed by atoms with Crippen molar-refractivity contribution in [2.75, 3.05) is 5.75 Å². The molecule has 0 radical (unpaired) electrons. The van der Waals surface area contributed by atoms with E-state index in [0.29, 0.717) is 28.6 Å². The van der Waals surface area contributed by atoms with Crippen LogP contribution in [0.2, 0.25) is 10.0 Å². The van der Waals surface area contributed by atoms with Crippen LogP contribution in [0.3, 0.4) is 0 Å². The summed E-state index contributed by atoms with van der Waals surface area (Å²) in [6.45, 7) is 4.29. The molecule has 1 atom stereocenters. The maximum absolute atomic E-state index is 13.4. The van der Waals surface area contributed by atoms with Crippen molar-refractivity contribution in [1.82, 2.24) is 10.2 Å². The summed E-state index contributed by atoms with van der Waals surface area (Å²) in [5, 5.41) is 4.26. The lowest BCUT2D eigenvalue weighted by molar-refractivity contribution is -0.141. The maximum atomic E-state index is 13.4. The minimum Gasteiger partial charge on any atom is -0.352 e. The molecule has 0 spiro atoms. The minimum absolute atomic E-state index is 0.0451. The first-order valence-electron chi connectivity index (χ1n) is 12.1. The summed E-state index contributed by atoms with van der Waals surface area (Å²) in [5.41, 5.74) is 2.00. The zero-order valence-electron chi connectivity index (χ0n) is 20.0. The molecule has 3 rings (SSSR count). The average Bonchev–Trinajstić information content (AvgIpc) is 2.82. The normalized spacial score (nSPS) is 15.1. The molecule has 4 nitrogen and oxygen atoms in total. The van der Waals surface area contributed by atoms with Crippen LogP contribution in [0.4, 0.5) is 0 Å². The van der Waals surface area contributed by atoms with Gasteiger partial charge in [-0.3, -0.25) is 9.59 Å². The lowest BCUT2D eigenvalue weighted by atomic mass is 9.95. The van der Waals surface area contributed by atoms with Crippen LogP contribution >= 0.6 is 35.0 Å². The zero-order valence-corrected chi connectivity index (χ0v) is 22.3. The van der Waals surface area contributed by atoms with Gasteiger partial charge in [0.15, 0.2) is 0 Å². The average molecular weight is 522 g/mol. The van der Waals surface area contributed by atoms with Gasteiger partial charge in [0.05, 0.1) is 0 Å². The van der Waals surface area contributed by atoms with E-state index in [4.69, 9.17) is 23.2 Å². The third-order valence-electron chi connectivity index (χ3n) is 6.30. The number of thioether (sulfide) groups is 1. The van der Waals surface area contributed by atoms with Crippen LogP contribution in [0.5, 0.6) is 0 Å². The topological polar surface area (TPSA) is 49.4 Å². The number of hydrogen-bond donors (Lipinski definition) is 1. The second kappa shape index (κ2) is 13.4. The number of benzene rings is 2. The molecule has 2 amide bonds. The highest BCUT2D eigenvalue weighted by Crippen LogP contribution is 2.26. The Hall–Kier alpha value is -1.69. The Morgan fingerprint density at radius 3 is 2.44 bits per heavy atom. The molecule has 0 heterocycles. The lowest BCUT2D eigenvalue weighted by Gasteiger charge is -2.33. The van der Waals surface area contributed by atoms with E-state index in [1.807, 2.05) is 13.0 Å². The number of carbonyl (C=O) groups excluding carboxylic acids is 2. The summed E-state index contributed by atoms with van der Waals surface area (Å²) in [6, 6.07) is 13.2. The number of nitrogens with zero attached hydrogens (tertiary/aromatic N) is 1. The highest BCUT2D eigenvalue weighted by atomic mass is 35.5. The van der Waals surface area contributed by atoms with Crippen LogP contribution in [0.15, 0.2) is 47.4 Å². The Balaban J connectivity index is 1.72. The lowest BCUT2D eigenvalue weighted by Crippen LogP contribution is -2.51. The summed E-state index contributed by atoms with van der Waals surface area (Å²) in [7, 11) is 0. The van der Waals surface area contributed by atoms with Crippen molar-refractivity contribution in [2.24, 2.45) is 0 Å². The fraction of sp³-hybridized carbons (Fsp3) is 0.481. The van der Waals surface area contributed by atoms with Gasteiger partial charge >= 0.3 is 0 Å². The van der Waals surface area contributed by atoms with Gasteiger partial charge in [-0.25, -0.2) is 0 Å². The molecule has 0 unspecified atom stereocenters. The number of halogens is 2. The van der Waals surface area contributed by atoms with Crippen molar-refractivity contribution >= 4 is 46.8 Å². The maximum Gasteiger partial charge on any atom is 0.243 e. The molecule has 7 heteroatoms. The number of rotatable bonds is 10. The molecule has 0 aromatic heterocycles. The van der Waals surface area contributed by atoms with Crippen molar-refractivity contribution in [2.45, 2.75) is 82.3 Å². The first kappa shape index (κ1) is 26.9. The first-order valence-corrected chi connectivity index (χ1v) is 13.8. The Labute approximate surface area is 217 Å². The molecule has 0 saturated heterocycles. The van der Waals surface area contributed by atoms with Gasteiger partial charge in [-0.05, 0) is 56.0 Å². The number of nitrogens with one attached hydrogen (secondary N) is 1. The summed E-state index contributed by atoms with van der Waals surface area (Å²) < 4.78 is 0. The molecule has 1 N–H and O–H groups in total. The molecule has 0 bridgehead atoms. The van der Waals surface area contributed by atoms with E-state index in [0.717, 1.165) is 36.1 Å². The van der Waals surface area contributed by atoms with Crippen LogP contribution in [-0.4, -0.2) is 34.6 Å². The van der Waals surface area contributed by atoms with Gasteiger partial charge in [-0.1, -0.05) is 73.2 Å². The van der Waals surface area contributed by atoms with Gasteiger partial charge in [0, 0.05) is 39.7 Å². The molecule has 2 aromatic rings. The summed E-state index contributed by atoms with van der Waals surface area (Å²) in [5.74, 6) is 0.531. The van der Waals surface area contributed by atoms with E-state index < -0.39 is 6.04 Å². The molecule has 1 aliphatic rings. The largest absolute Gasteiger partial charge is 0.352 e. The fourth-order valence-electron chi connectivity index (χ4n) is 4.33. The van der Waals surface area contributed by atoms with Crippen molar-refractivity contribution in [3.8, 4) is 0 Å². The van der Waals surface area contributed by atoms with Gasteiger partial charge in [0.1, 0.15) is 6.04 Å². The van der Waals surface area contributed by atoms with Crippen molar-refractivity contribution in [1.29, 1.82) is 0 Å². The van der Waals surface area contributed by atoms with E-state index in [9.17, 15) is 9.59 Å². The number of hydrogen-bond acceptors (Lipinski definition) is 3. The van der Waals surface area contributed by atoms with Crippen LogP contribution in [0.25, 0.3) is 0 Å². The monoisotopic (exact) mass is 520 g/mol. The summed E-state index contributed by atoms with van der Waals surface area (Å²) in [4.78, 5) is 29.5. The molecule has 34 heavy (non-hydrogen) atoms. The van der Waals surface area contributed by atoms with E-state index >= 15 is 0 Å². The smallest absolute Gasteiger partial charge is 0.243 e. The number of aryl methyl sites for hydroxylation is 1. The highest BCUT2D eigenvalue weighted by Gasteiger charge is 2.30. The van der Waals surface area contributed by atoms with E-state index in [2.05, 4.69) is 36.5 Å². The molecule has 1 saturated carbocycles. The van der Waals surface area contributed by atoms with Crippen LogP contribution in [0.1, 0.15) is 63.0 Å². The summed E-state index contributed by atoms with van der Waals surface area (Å²) >= 11 is 14.2. The first-order chi connectivity index (χ1) is 16.4. The third kappa shape index (κ3) is 7.93. The van der Waals surface area contributed by atoms with Gasteiger partial charge in [-0.15, -0.1) is 11.8 Å². The predicted octanol–water partition coefficient (Wildman–Crippen LogP) is 7.04. The molecule has 1 fully saturated rings. The van der Waals surface area contributed by atoms with Crippen LogP contribution in [-0.2, 0) is 16.1 Å². The highest BCUT2D eigenvalue weighted by molar-refractivity contribution is 7.99. The molecular weight excluding hydrogens is 487 g/mol. The van der Waals surface area contributed by atoms with Gasteiger partial charge in [0.2, 0.25) is 11.8 Å². The van der Waals surface area contributed by atoms with Crippen LogP contribution in [0, 0.1) is 6.92 Å². The molecule has 184 valence electrons. The van der Waals surface area contributed by atoms with Gasteiger partial charge < -0.3 is 10.2 Å². The van der Waals surface area contributed by atoms with Crippen molar-refractivity contribution < 1.29 is 9.59 Å². The molecule has 1 aliphatic carbocycles. The molecular formula is C27H34Cl2N2O2S. The van der Waals surface area contributed by atoms with Crippen molar-refractivity contribution in [3.63, 3.8) is 0 Å². The van der Waals surface area contributed by atoms with Gasteiger partial charge in [-0.2, -0.15) is 0 Å². The number of amides is 2. The standard InChI is InChI=1S/C27H34Cl2N2O2S/c1-3-25(27(33)30-22-7-5-4-6-8-22)31(18-20-11-12-21(28)17-24(20)29)26(32)15-16-34-23-13-9-19(2)10-14-23/h9-14,17,22,25H,3-8,15-16,18H2,1-2H3,(H,30,33)/t25-/m1/s1. The van der Waals surface area contributed by atoms with E-state index in [-0.39, 0.29) is 24.4 Å². The van der Waals surface area contributed by atoms with Crippen LogP contribution < -0.4 is 5.32 Å². The van der Waals surface area contributed by atoms with Crippen molar-refractivity contribution in [3.05, 3.63) is 63.6 Å². The Bertz CT molecular complexity index is 962. The Kier molecular flexibility index (Phi) is 10.6. The van der Waals surface area contributed by atoms with Gasteiger partial charge in [0.25, 0.3) is 0 Å². The minimum atomic E-state index is -0.537. The van der Waals surface area contributed by atoms with E-state index in [1.54, 1.807) is 28.8 Å². The zero-order chi connectivity index (χ0) is 24.5. The Morgan fingerprint density at radius 1 is 1.09 bits per heavy atom. The predicted molar refractivity (Wildman–Crippen MR) is 143 cm³/mol. The third-order valence-corrected chi connectivity index (χ3v) is 7.90. The SMILES string of the molecule is CC[C@H](C(=O)NC1CCCCC1)N(Cc1ccc(Cl)cc1Cl)C(=O)CCSc1ccc(C)cc1.